The molecule has 1 unspecified atom stereocenters. The quantitative estimate of drug-likeness (QED) is 0.574. The van der Waals surface area contributed by atoms with Gasteiger partial charge in [-0.15, -0.1) is 0 Å². The van der Waals surface area contributed by atoms with Crippen LogP contribution in [0.4, 0.5) is 0 Å². The van der Waals surface area contributed by atoms with E-state index in [1.54, 1.807) is 0 Å². The summed E-state index contributed by atoms with van der Waals surface area (Å²) in [5.41, 5.74) is 0. The van der Waals surface area contributed by atoms with E-state index in [4.69, 9.17) is 0 Å². The van der Waals surface area contributed by atoms with Crippen molar-refractivity contribution in [3.8, 4) is 0 Å². The van der Waals surface area contributed by atoms with Crippen LogP contribution in [-0.4, -0.2) is 104 Å². The molecule has 2 saturated heterocycles. The van der Waals surface area contributed by atoms with E-state index < -0.39 is 10.0 Å². The van der Waals surface area contributed by atoms with Gasteiger partial charge in [0.2, 0.25) is 21.8 Å². The summed E-state index contributed by atoms with van der Waals surface area (Å²) < 4.78 is 26.2. The van der Waals surface area contributed by atoms with E-state index >= 15 is 0 Å². The molecule has 28 heavy (non-hydrogen) atoms. The number of carbonyl (C=O) groups is 2. The number of carbonyl (C=O) groups excluding carboxylic acids is 2. The molecule has 0 N–H and O–H groups in total. The number of hydrogen-bond acceptors (Lipinski definition) is 5. The molecule has 162 valence electrons. The van der Waals surface area contributed by atoms with Gasteiger partial charge in [0.15, 0.2) is 0 Å². The molecule has 0 aromatic heterocycles. The molecule has 2 rings (SSSR count). The molecule has 0 bridgehead atoms. The Morgan fingerprint density at radius 2 is 1.64 bits per heavy atom. The van der Waals surface area contributed by atoms with Crippen LogP contribution in [0.5, 0.6) is 0 Å². The van der Waals surface area contributed by atoms with Crippen LogP contribution in [0.2, 0.25) is 0 Å². The van der Waals surface area contributed by atoms with Crippen molar-refractivity contribution in [3.05, 3.63) is 0 Å². The minimum atomic E-state index is -3.25. The molecule has 0 aromatic rings. The van der Waals surface area contributed by atoms with Crippen LogP contribution in [-0.2, 0) is 19.6 Å². The predicted molar refractivity (Wildman–Crippen MR) is 109 cm³/mol. The van der Waals surface area contributed by atoms with E-state index in [1.807, 2.05) is 30.6 Å². The van der Waals surface area contributed by atoms with Gasteiger partial charge in [0, 0.05) is 52.4 Å². The van der Waals surface area contributed by atoms with Gasteiger partial charge in [-0.1, -0.05) is 6.92 Å². The molecular weight excluding hydrogens is 380 g/mol. The highest BCUT2D eigenvalue weighted by molar-refractivity contribution is 7.89. The number of likely N-dealkylation sites (N-methyl/N-ethyl adjacent to an activating group) is 1. The van der Waals surface area contributed by atoms with Crippen LogP contribution in [0.1, 0.15) is 40.0 Å². The van der Waals surface area contributed by atoms with Gasteiger partial charge in [-0.05, 0) is 33.1 Å². The molecule has 8 nitrogen and oxygen atoms in total. The number of hydrogen-bond donors (Lipinski definition) is 0. The predicted octanol–water partition coefficient (Wildman–Crippen LogP) is 0.451. The van der Waals surface area contributed by atoms with Crippen molar-refractivity contribution < 1.29 is 18.0 Å². The van der Waals surface area contributed by atoms with Crippen LogP contribution in [0.3, 0.4) is 0 Å². The van der Waals surface area contributed by atoms with Gasteiger partial charge < -0.3 is 9.80 Å². The molecule has 0 aliphatic carbocycles. The molecule has 1 atom stereocenters. The molecule has 2 aliphatic rings. The zero-order chi connectivity index (χ0) is 20.7. The normalized spacial score (nSPS) is 22.2. The highest BCUT2D eigenvalue weighted by Crippen LogP contribution is 2.22. The van der Waals surface area contributed by atoms with E-state index in [2.05, 4.69) is 4.90 Å². The number of nitrogens with zero attached hydrogens (tertiary/aromatic N) is 4. The first kappa shape index (κ1) is 23.1. The summed E-state index contributed by atoms with van der Waals surface area (Å²) in [5, 5.41) is 0. The monoisotopic (exact) mass is 416 g/mol. The number of amides is 2. The molecule has 0 spiro atoms. The lowest BCUT2D eigenvalue weighted by molar-refractivity contribution is -0.139. The second-order valence-corrected chi connectivity index (χ2v) is 9.77. The van der Waals surface area contributed by atoms with Gasteiger partial charge in [-0.2, -0.15) is 0 Å². The van der Waals surface area contributed by atoms with Crippen LogP contribution in [0.15, 0.2) is 0 Å². The molecule has 2 aliphatic heterocycles. The number of piperidine rings is 1. The second kappa shape index (κ2) is 10.5. The molecule has 0 radical (unpaired) electrons. The zero-order valence-electron chi connectivity index (χ0n) is 17.6. The molecule has 9 heteroatoms. The highest BCUT2D eigenvalue weighted by atomic mass is 32.2. The topological polar surface area (TPSA) is 81.2 Å². The Morgan fingerprint density at radius 1 is 1.00 bits per heavy atom. The molecule has 2 fully saturated rings. The maximum atomic E-state index is 12.9. The minimum absolute atomic E-state index is 0.0612. The van der Waals surface area contributed by atoms with Crippen LogP contribution < -0.4 is 0 Å². The lowest BCUT2D eigenvalue weighted by atomic mass is 9.98. The number of piperazine rings is 1. The van der Waals surface area contributed by atoms with E-state index in [9.17, 15) is 18.0 Å². The van der Waals surface area contributed by atoms with Gasteiger partial charge in [-0.25, -0.2) is 12.7 Å². The Morgan fingerprint density at radius 3 is 2.21 bits per heavy atom. The fraction of sp³-hybridized carbons (Fsp3) is 0.895. The average Bonchev–Trinajstić information content (AvgIpc) is 2.69. The smallest absolute Gasteiger partial charge is 0.236 e. The number of sulfonamides is 1. The van der Waals surface area contributed by atoms with E-state index in [0.717, 1.165) is 12.8 Å². The summed E-state index contributed by atoms with van der Waals surface area (Å²) >= 11 is 0. The zero-order valence-corrected chi connectivity index (χ0v) is 18.4. The van der Waals surface area contributed by atoms with Crippen LogP contribution in [0, 0.1) is 5.92 Å². The molecule has 2 amide bonds. The summed E-state index contributed by atoms with van der Waals surface area (Å²) in [6.45, 7) is 11.0. The van der Waals surface area contributed by atoms with Crippen molar-refractivity contribution in [2.24, 2.45) is 5.92 Å². The summed E-state index contributed by atoms with van der Waals surface area (Å²) in [6.07, 6.45) is 2.07. The molecule has 2 heterocycles. The van der Waals surface area contributed by atoms with Gasteiger partial charge in [0.1, 0.15) is 0 Å². The Bertz CT molecular complexity index is 628. The van der Waals surface area contributed by atoms with Crippen molar-refractivity contribution in [3.63, 3.8) is 0 Å². The van der Waals surface area contributed by atoms with E-state index in [-0.39, 0.29) is 23.5 Å². The summed E-state index contributed by atoms with van der Waals surface area (Å²) in [4.78, 5) is 31.0. The Kier molecular flexibility index (Phi) is 8.70. The SMILES string of the molecule is CCCS(=O)(=O)N1CCCC(C(=O)N2CCN(CC(=O)N(CC)CC)CC2)C1. The summed E-state index contributed by atoms with van der Waals surface area (Å²) in [6, 6.07) is 0. The Labute approximate surface area is 169 Å². The fourth-order valence-electron chi connectivity index (χ4n) is 4.04. The van der Waals surface area contributed by atoms with Crippen LogP contribution >= 0.6 is 0 Å². The fourth-order valence-corrected chi connectivity index (χ4v) is 5.62. The average molecular weight is 417 g/mol. The minimum Gasteiger partial charge on any atom is -0.342 e. The van der Waals surface area contributed by atoms with E-state index in [0.29, 0.717) is 65.3 Å². The standard InChI is InChI=1S/C19H36N4O4S/c1-4-14-28(26,27)23-9-7-8-17(15-23)19(25)22-12-10-20(11-13-22)16-18(24)21(5-2)6-3/h17H,4-16H2,1-3H3. The first-order valence-electron chi connectivity index (χ1n) is 10.6. The summed E-state index contributed by atoms with van der Waals surface area (Å²) in [5.74, 6) is 0.0943. The maximum Gasteiger partial charge on any atom is 0.236 e. The lowest BCUT2D eigenvalue weighted by Crippen LogP contribution is -2.54. The van der Waals surface area contributed by atoms with Gasteiger partial charge in [-0.3, -0.25) is 14.5 Å². The molecular formula is C19H36N4O4S. The Balaban J connectivity index is 1.85. The van der Waals surface area contributed by atoms with Crippen LogP contribution in [0.25, 0.3) is 0 Å². The first-order valence-corrected chi connectivity index (χ1v) is 12.2. The summed E-state index contributed by atoms with van der Waals surface area (Å²) in [7, 11) is -3.25. The third-order valence-electron chi connectivity index (χ3n) is 5.75. The van der Waals surface area contributed by atoms with Crippen molar-refractivity contribution in [1.29, 1.82) is 0 Å². The Hall–Kier alpha value is -1.19. The largest absolute Gasteiger partial charge is 0.342 e. The molecule has 0 aromatic carbocycles. The molecule has 0 saturated carbocycles. The van der Waals surface area contributed by atoms with Gasteiger partial charge in [0.25, 0.3) is 0 Å². The third kappa shape index (κ3) is 5.90. The van der Waals surface area contributed by atoms with Gasteiger partial charge >= 0.3 is 0 Å². The van der Waals surface area contributed by atoms with Crippen molar-refractivity contribution in [2.45, 2.75) is 40.0 Å². The highest BCUT2D eigenvalue weighted by Gasteiger charge is 2.35. The number of rotatable bonds is 8. The second-order valence-electron chi connectivity index (χ2n) is 7.68. The van der Waals surface area contributed by atoms with Crippen molar-refractivity contribution >= 4 is 21.8 Å². The van der Waals surface area contributed by atoms with Crippen molar-refractivity contribution in [2.75, 3.05) is 64.7 Å². The lowest BCUT2D eigenvalue weighted by Gasteiger charge is -2.38. The van der Waals surface area contributed by atoms with Crippen molar-refractivity contribution in [1.82, 2.24) is 19.0 Å². The van der Waals surface area contributed by atoms with Gasteiger partial charge in [0.05, 0.1) is 18.2 Å². The first-order chi connectivity index (χ1) is 13.3. The van der Waals surface area contributed by atoms with E-state index in [1.165, 1.54) is 4.31 Å². The maximum absolute atomic E-state index is 12.9. The third-order valence-corrected chi connectivity index (χ3v) is 7.79.